The Morgan fingerprint density at radius 1 is 1.07 bits per heavy atom. The highest BCUT2D eigenvalue weighted by Gasteiger charge is 2.21. The smallest absolute Gasteiger partial charge is 0.264 e. The van der Waals surface area contributed by atoms with Gasteiger partial charge in [-0.05, 0) is 42.2 Å². The highest BCUT2D eigenvalue weighted by molar-refractivity contribution is 7.89. The Kier molecular flexibility index (Phi) is 7.23. The molecule has 0 radical (unpaired) electrons. The molecule has 0 saturated heterocycles. The van der Waals surface area contributed by atoms with Crippen molar-refractivity contribution in [3.63, 3.8) is 0 Å². The zero-order chi connectivity index (χ0) is 21.6. The van der Waals surface area contributed by atoms with Crippen molar-refractivity contribution in [1.29, 1.82) is 0 Å². The van der Waals surface area contributed by atoms with E-state index in [1.807, 2.05) is 42.5 Å². The van der Waals surface area contributed by atoms with E-state index in [0.717, 1.165) is 12.0 Å². The van der Waals surface area contributed by atoms with Crippen LogP contribution in [0.2, 0.25) is 0 Å². The number of benzene rings is 2. The largest absolute Gasteiger partial charge is 0.484 e. The van der Waals surface area contributed by atoms with Gasteiger partial charge in [-0.15, -0.1) is 0 Å². The van der Waals surface area contributed by atoms with Gasteiger partial charge in [-0.25, -0.2) is 12.7 Å². The fourth-order valence-corrected chi connectivity index (χ4v) is 4.11. The van der Waals surface area contributed by atoms with Crippen LogP contribution < -0.4 is 4.74 Å². The molecule has 1 aromatic heterocycles. The lowest BCUT2D eigenvalue weighted by Gasteiger charge is -2.16. The fraction of sp³-hybridized carbons (Fsp3) is 0.364. The molecule has 0 bridgehead atoms. The molecule has 2 aromatic carbocycles. The second kappa shape index (κ2) is 9.86. The summed E-state index contributed by atoms with van der Waals surface area (Å²) in [6, 6.07) is 16.4. The van der Waals surface area contributed by atoms with Gasteiger partial charge in [-0.2, -0.15) is 4.98 Å². The van der Waals surface area contributed by atoms with Gasteiger partial charge in [0.2, 0.25) is 10.0 Å². The maximum atomic E-state index is 12.8. The Bertz CT molecular complexity index is 1030. The molecule has 160 valence electrons. The van der Waals surface area contributed by atoms with Crippen LogP contribution in [0, 0.1) is 5.92 Å². The average Bonchev–Trinajstić information content (AvgIpc) is 3.19. The van der Waals surface area contributed by atoms with Gasteiger partial charge in [0.25, 0.3) is 5.89 Å². The second-order valence-corrected chi connectivity index (χ2v) is 9.57. The third kappa shape index (κ3) is 5.90. The Morgan fingerprint density at radius 2 is 1.77 bits per heavy atom. The molecule has 3 rings (SSSR count). The summed E-state index contributed by atoms with van der Waals surface area (Å²) in [5.74, 6) is 2.02. The molecule has 0 aliphatic heterocycles. The van der Waals surface area contributed by atoms with Crippen LogP contribution in [0.25, 0.3) is 0 Å². The predicted octanol–water partition coefficient (Wildman–Crippen LogP) is 3.71. The monoisotopic (exact) mass is 429 g/mol. The van der Waals surface area contributed by atoms with Gasteiger partial charge in [0.05, 0.1) is 4.90 Å². The molecule has 0 fully saturated rings. The maximum absolute atomic E-state index is 12.8. The summed E-state index contributed by atoms with van der Waals surface area (Å²) >= 11 is 0. The number of hydrogen-bond acceptors (Lipinski definition) is 6. The standard InChI is InChI=1S/C22H27N3O4S/c1-17(2)15-18-9-11-20(12-10-18)30(26,27)25(3)14-13-21-23-22(29-24-21)16-28-19-7-5-4-6-8-19/h4-12,17H,13-16H2,1-3H3. The van der Waals surface area contributed by atoms with Crippen molar-refractivity contribution < 1.29 is 17.7 Å². The van der Waals surface area contributed by atoms with Crippen molar-refractivity contribution in [1.82, 2.24) is 14.4 Å². The Labute approximate surface area is 177 Å². The summed E-state index contributed by atoms with van der Waals surface area (Å²) in [7, 11) is -2.02. The van der Waals surface area contributed by atoms with Crippen LogP contribution in [-0.2, 0) is 29.5 Å². The summed E-state index contributed by atoms with van der Waals surface area (Å²) in [6.45, 7) is 4.67. The zero-order valence-corrected chi connectivity index (χ0v) is 18.3. The first-order chi connectivity index (χ1) is 14.3. The summed E-state index contributed by atoms with van der Waals surface area (Å²) in [5, 5.41) is 3.91. The Hall–Kier alpha value is -2.71. The molecule has 30 heavy (non-hydrogen) atoms. The highest BCUT2D eigenvalue weighted by Crippen LogP contribution is 2.17. The van der Waals surface area contributed by atoms with Crippen LogP contribution in [0.5, 0.6) is 5.75 Å². The molecule has 0 atom stereocenters. The minimum Gasteiger partial charge on any atom is -0.484 e. The molecule has 0 aliphatic rings. The van der Waals surface area contributed by atoms with Crippen LogP contribution in [-0.4, -0.2) is 36.5 Å². The number of para-hydroxylation sites is 1. The topological polar surface area (TPSA) is 85.5 Å². The number of sulfonamides is 1. The molecule has 0 spiro atoms. The third-order valence-corrected chi connectivity index (χ3v) is 6.41. The summed E-state index contributed by atoms with van der Waals surface area (Å²) < 4.78 is 37.6. The van der Waals surface area contributed by atoms with E-state index < -0.39 is 10.0 Å². The highest BCUT2D eigenvalue weighted by atomic mass is 32.2. The predicted molar refractivity (Wildman–Crippen MR) is 114 cm³/mol. The summed E-state index contributed by atoms with van der Waals surface area (Å²) in [6.07, 6.45) is 1.26. The molecule has 1 heterocycles. The van der Waals surface area contributed by atoms with Gasteiger partial charge < -0.3 is 9.26 Å². The number of nitrogens with zero attached hydrogens (tertiary/aromatic N) is 3. The van der Waals surface area contributed by atoms with Gasteiger partial charge in [-0.3, -0.25) is 0 Å². The molecular formula is C22H27N3O4S. The van der Waals surface area contributed by atoms with E-state index in [2.05, 4.69) is 24.0 Å². The van der Waals surface area contributed by atoms with E-state index in [1.165, 1.54) is 4.31 Å². The third-order valence-electron chi connectivity index (χ3n) is 4.54. The first-order valence-corrected chi connectivity index (χ1v) is 11.3. The van der Waals surface area contributed by atoms with Crippen molar-refractivity contribution in [2.75, 3.05) is 13.6 Å². The average molecular weight is 430 g/mol. The Morgan fingerprint density at radius 3 is 2.43 bits per heavy atom. The number of likely N-dealkylation sites (N-methyl/N-ethyl adjacent to an activating group) is 1. The van der Waals surface area contributed by atoms with E-state index >= 15 is 0 Å². The lowest BCUT2D eigenvalue weighted by molar-refractivity contribution is 0.242. The molecule has 0 saturated carbocycles. The SMILES string of the molecule is CC(C)Cc1ccc(S(=O)(=O)N(C)CCc2noc(COc3ccccc3)n2)cc1. The normalized spacial score (nSPS) is 11.9. The van der Waals surface area contributed by atoms with E-state index in [9.17, 15) is 8.42 Å². The molecule has 7 nitrogen and oxygen atoms in total. The molecule has 3 aromatic rings. The van der Waals surface area contributed by atoms with Crippen LogP contribution in [0.4, 0.5) is 0 Å². The van der Waals surface area contributed by atoms with Crippen molar-refractivity contribution in [2.45, 2.75) is 38.2 Å². The minimum absolute atomic E-state index is 0.161. The molecular weight excluding hydrogens is 402 g/mol. The molecule has 0 unspecified atom stereocenters. The van der Waals surface area contributed by atoms with Crippen molar-refractivity contribution in [3.05, 3.63) is 71.9 Å². The van der Waals surface area contributed by atoms with Gasteiger partial charge in [-0.1, -0.05) is 49.3 Å². The lowest BCUT2D eigenvalue weighted by atomic mass is 10.0. The van der Waals surface area contributed by atoms with Crippen molar-refractivity contribution in [3.8, 4) is 5.75 Å². The van der Waals surface area contributed by atoms with E-state index in [0.29, 0.717) is 29.8 Å². The van der Waals surface area contributed by atoms with E-state index in [1.54, 1.807) is 19.2 Å². The maximum Gasteiger partial charge on any atom is 0.264 e. The lowest BCUT2D eigenvalue weighted by Crippen LogP contribution is -2.29. The van der Waals surface area contributed by atoms with Crippen LogP contribution in [0.1, 0.15) is 31.1 Å². The molecule has 8 heteroatoms. The van der Waals surface area contributed by atoms with Gasteiger partial charge in [0, 0.05) is 20.0 Å². The zero-order valence-electron chi connectivity index (χ0n) is 17.5. The molecule has 0 aliphatic carbocycles. The van der Waals surface area contributed by atoms with Crippen LogP contribution >= 0.6 is 0 Å². The van der Waals surface area contributed by atoms with Crippen molar-refractivity contribution >= 4 is 10.0 Å². The first-order valence-electron chi connectivity index (χ1n) is 9.89. The van der Waals surface area contributed by atoms with E-state index in [4.69, 9.17) is 9.26 Å². The number of ether oxygens (including phenoxy) is 1. The molecule has 0 N–H and O–H groups in total. The van der Waals surface area contributed by atoms with Crippen LogP contribution in [0.15, 0.2) is 64.0 Å². The summed E-state index contributed by atoms with van der Waals surface area (Å²) in [4.78, 5) is 4.55. The first kappa shape index (κ1) is 22.0. The second-order valence-electron chi connectivity index (χ2n) is 7.52. The quantitative estimate of drug-likeness (QED) is 0.488. The molecule has 0 amide bonds. The van der Waals surface area contributed by atoms with E-state index in [-0.39, 0.29) is 18.0 Å². The van der Waals surface area contributed by atoms with Gasteiger partial charge >= 0.3 is 0 Å². The van der Waals surface area contributed by atoms with Crippen molar-refractivity contribution in [2.24, 2.45) is 5.92 Å². The minimum atomic E-state index is -3.57. The van der Waals surface area contributed by atoms with Gasteiger partial charge in [0.1, 0.15) is 5.75 Å². The summed E-state index contributed by atoms with van der Waals surface area (Å²) in [5.41, 5.74) is 1.13. The fourth-order valence-electron chi connectivity index (χ4n) is 2.94. The van der Waals surface area contributed by atoms with Gasteiger partial charge in [0.15, 0.2) is 12.4 Å². The Balaban J connectivity index is 1.54. The number of rotatable bonds is 10. The number of hydrogen-bond donors (Lipinski definition) is 0. The van der Waals surface area contributed by atoms with Crippen LogP contribution in [0.3, 0.4) is 0 Å². The number of aromatic nitrogens is 2.